The van der Waals surface area contributed by atoms with E-state index in [1.807, 2.05) is 29.2 Å². The molecule has 6 nitrogen and oxygen atoms in total. The number of amides is 2. The quantitative estimate of drug-likeness (QED) is 0.784. The highest BCUT2D eigenvalue weighted by Crippen LogP contribution is 2.37. The molecule has 0 radical (unpaired) electrons. The number of carbonyl (C=O) groups is 2. The van der Waals surface area contributed by atoms with E-state index < -0.39 is 0 Å². The predicted molar refractivity (Wildman–Crippen MR) is 95.4 cm³/mol. The van der Waals surface area contributed by atoms with E-state index in [0.29, 0.717) is 6.54 Å². The second-order valence-corrected chi connectivity index (χ2v) is 7.96. The van der Waals surface area contributed by atoms with Gasteiger partial charge in [0.1, 0.15) is 0 Å². The van der Waals surface area contributed by atoms with Crippen molar-refractivity contribution in [3.8, 4) is 6.19 Å². The fourth-order valence-electron chi connectivity index (χ4n) is 4.38. The van der Waals surface area contributed by atoms with Crippen LogP contribution in [0.4, 0.5) is 5.69 Å². The summed E-state index contributed by atoms with van der Waals surface area (Å²) in [4.78, 5) is 28.5. The van der Waals surface area contributed by atoms with Crippen LogP contribution in [0.3, 0.4) is 0 Å². The van der Waals surface area contributed by atoms with Crippen LogP contribution in [0.5, 0.6) is 0 Å². The van der Waals surface area contributed by atoms with E-state index in [1.165, 1.54) is 0 Å². The minimum absolute atomic E-state index is 0.0233. The van der Waals surface area contributed by atoms with Gasteiger partial charge in [0.05, 0.1) is 18.0 Å². The zero-order chi connectivity index (χ0) is 17.6. The van der Waals surface area contributed by atoms with Crippen molar-refractivity contribution in [2.75, 3.05) is 11.4 Å². The molecule has 0 saturated carbocycles. The van der Waals surface area contributed by atoms with E-state index in [1.54, 1.807) is 4.90 Å². The third kappa shape index (κ3) is 2.89. The van der Waals surface area contributed by atoms with Gasteiger partial charge in [-0.3, -0.25) is 9.59 Å². The molecule has 0 aliphatic carbocycles. The third-order valence-electron chi connectivity index (χ3n) is 5.60. The van der Waals surface area contributed by atoms with E-state index in [-0.39, 0.29) is 42.3 Å². The Morgan fingerprint density at radius 3 is 2.92 bits per heavy atom. The molecule has 4 atom stereocenters. The van der Waals surface area contributed by atoms with E-state index in [9.17, 15) is 14.9 Å². The van der Waals surface area contributed by atoms with Crippen LogP contribution in [0, 0.1) is 17.4 Å². The van der Waals surface area contributed by atoms with Gasteiger partial charge in [-0.2, -0.15) is 5.26 Å². The minimum Gasteiger partial charge on any atom is -0.351 e. The molecular formula is C18H19BrN4O2. The number of benzene rings is 1. The van der Waals surface area contributed by atoms with Gasteiger partial charge >= 0.3 is 0 Å². The molecule has 2 bridgehead atoms. The van der Waals surface area contributed by atoms with Crippen molar-refractivity contribution in [3.63, 3.8) is 0 Å². The first-order valence-corrected chi connectivity index (χ1v) is 9.40. The number of carbonyl (C=O) groups excluding carboxylic acids is 2. The Labute approximate surface area is 154 Å². The van der Waals surface area contributed by atoms with Gasteiger partial charge in [-0.15, -0.1) is 0 Å². The zero-order valence-electron chi connectivity index (χ0n) is 13.7. The van der Waals surface area contributed by atoms with Crippen LogP contribution in [-0.2, 0) is 9.59 Å². The van der Waals surface area contributed by atoms with E-state index in [0.717, 1.165) is 29.4 Å². The maximum Gasteiger partial charge on any atom is 0.227 e. The Kier molecular flexibility index (Phi) is 4.16. The summed E-state index contributed by atoms with van der Waals surface area (Å²) in [7, 11) is 0. The molecule has 3 aliphatic heterocycles. The lowest BCUT2D eigenvalue weighted by Crippen LogP contribution is -2.46. The molecule has 2 amide bonds. The molecule has 3 saturated heterocycles. The number of halogens is 1. The van der Waals surface area contributed by atoms with Crippen LogP contribution < -0.4 is 10.2 Å². The summed E-state index contributed by atoms with van der Waals surface area (Å²) in [5.41, 5.74) is 0.810. The van der Waals surface area contributed by atoms with Crippen LogP contribution in [0.25, 0.3) is 0 Å². The van der Waals surface area contributed by atoms with Crippen molar-refractivity contribution >= 4 is 33.4 Å². The van der Waals surface area contributed by atoms with Gasteiger partial charge in [0, 0.05) is 29.2 Å². The lowest BCUT2D eigenvalue weighted by Gasteiger charge is -2.23. The van der Waals surface area contributed by atoms with Crippen LogP contribution in [0.2, 0.25) is 0 Å². The average Bonchev–Trinajstić information content (AvgIpc) is 3.26. The molecule has 25 heavy (non-hydrogen) atoms. The number of rotatable bonds is 3. The summed E-state index contributed by atoms with van der Waals surface area (Å²) in [5, 5.41) is 12.3. The fourth-order valence-corrected chi connectivity index (χ4v) is 4.76. The van der Waals surface area contributed by atoms with Gasteiger partial charge in [-0.1, -0.05) is 22.0 Å². The smallest absolute Gasteiger partial charge is 0.227 e. The molecule has 0 aromatic heterocycles. The van der Waals surface area contributed by atoms with Crippen LogP contribution in [0.1, 0.15) is 25.7 Å². The Hall–Kier alpha value is -2.07. The molecule has 0 unspecified atom stereocenters. The Bertz CT molecular complexity index is 762. The van der Waals surface area contributed by atoms with Crippen LogP contribution >= 0.6 is 15.9 Å². The molecule has 4 rings (SSSR count). The minimum atomic E-state index is -0.332. The van der Waals surface area contributed by atoms with E-state index in [4.69, 9.17) is 0 Å². The van der Waals surface area contributed by atoms with Crippen molar-refractivity contribution in [3.05, 3.63) is 28.7 Å². The fraction of sp³-hybridized carbons (Fsp3) is 0.500. The van der Waals surface area contributed by atoms with Gasteiger partial charge in [0.2, 0.25) is 11.8 Å². The van der Waals surface area contributed by atoms with Crippen molar-refractivity contribution < 1.29 is 9.59 Å². The highest BCUT2D eigenvalue weighted by molar-refractivity contribution is 9.10. The van der Waals surface area contributed by atoms with Crippen molar-refractivity contribution in [2.24, 2.45) is 5.92 Å². The molecule has 1 aromatic rings. The normalized spacial score (nSPS) is 30.6. The average molecular weight is 403 g/mol. The Balaban J connectivity index is 1.41. The highest BCUT2D eigenvalue weighted by Gasteiger charge is 2.47. The van der Waals surface area contributed by atoms with E-state index >= 15 is 0 Å². The summed E-state index contributed by atoms with van der Waals surface area (Å²) < 4.78 is 0.907. The monoisotopic (exact) mass is 402 g/mol. The Morgan fingerprint density at radius 2 is 2.20 bits per heavy atom. The zero-order valence-corrected chi connectivity index (χ0v) is 15.3. The van der Waals surface area contributed by atoms with Crippen LogP contribution in [0.15, 0.2) is 28.7 Å². The number of hydrogen-bond donors (Lipinski definition) is 1. The maximum absolute atomic E-state index is 12.7. The number of nitriles is 1. The number of fused-ring (bicyclic) bond motifs is 2. The van der Waals surface area contributed by atoms with Gasteiger partial charge in [0.15, 0.2) is 6.19 Å². The summed E-state index contributed by atoms with van der Waals surface area (Å²) in [6, 6.07) is 7.97. The lowest BCUT2D eigenvalue weighted by molar-refractivity contribution is -0.127. The first kappa shape index (κ1) is 16.4. The number of nitrogens with zero attached hydrogens (tertiary/aromatic N) is 3. The van der Waals surface area contributed by atoms with Gasteiger partial charge in [0.25, 0.3) is 0 Å². The van der Waals surface area contributed by atoms with E-state index in [2.05, 4.69) is 27.4 Å². The topological polar surface area (TPSA) is 76.4 Å². The summed E-state index contributed by atoms with van der Waals surface area (Å²) in [5.74, 6) is -0.424. The standard InChI is InChI=1S/C18H19BrN4O2/c19-12-2-1-3-13(7-12)22-9-11(6-17(22)24)18(25)21-15-8-14-4-5-16(15)23(14)10-20/h1-3,7,11,14-16H,4-6,8-9H2,(H,21,25)/t11-,14+,15-,16-/m1/s1. The number of anilines is 1. The molecular weight excluding hydrogens is 384 g/mol. The van der Waals surface area contributed by atoms with Gasteiger partial charge in [-0.05, 0) is 37.5 Å². The molecule has 1 aromatic carbocycles. The highest BCUT2D eigenvalue weighted by atomic mass is 79.9. The van der Waals surface area contributed by atoms with Gasteiger partial charge in [-0.25, -0.2) is 0 Å². The molecule has 3 heterocycles. The first-order chi connectivity index (χ1) is 12.1. The SMILES string of the molecule is N#CN1[C@H]2CC[C@@H]1[C@H](NC(=O)[C@@H]1CC(=O)N(c3cccc(Br)c3)C1)C2. The number of hydrogen-bond acceptors (Lipinski definition) is 4. The van der Waals surface area contributed by atoms with Crippen LogP contribution in [-0.4, -0.2) is 41.4 Å². The Morgan fingerprint density at radius 1 is 1.36 bits per heavy atom. The maximum atomic E-state index is 12.7. The molecule has 1 N–H and O–H groups in total. The molecule has 3 aliphatic rings. The molecule has 0 spiro atoms. The molecule has 3 fully saturated rings. The first-order valence-electron chi connectivity index (χ1n) is 8.61. The largest absolute Gasteiger partial charge is 0.351 e. The second-order valence-electron chi connectivity index (χ2n) is 7.04. The summed E-state index contributed by atoms with van der Waals surface area (Å²) in [6.07, 6.45) is 5.31. The molecule has 130 valence electrons. The van der Waals surface area contributed by atoms with Crippen molar-refractivity contribution in [2.45, 2.75) is 43.8 Å². The van der Waals surface area contributed by atoms with Crippen molar-refractivity contribution in [1.29, 1.82) is 5.26 Å². The van der Waals surface area contributed by atoms with Crippen molar-refractivity contribution in [1.82, 2.24) is 10.2 Å². The summed E-state index contributed by atoms with van der Waals surface area (Å²) in [6.45, 7) is 0.407. The van der Waals surface area contributed by atoms with Gasteiger partial charge < -0.3 is 15.1 Å². The lowest BCUT2D eigenvalue weighted by atomic mass is 9.94. The second kappa shape index (κ2) is 6.34. The third-order valence-corrected chi connectivity index (χ3v) is 6.09. The molecule has 7 heteroatoms. The summed E-state index contributed by atoms with van der Waals surface area (Å²) >= 11 is 3.41. The number of nitrogens with one attached hydrogen (secondary N) is 1. The predicted octanol–water partition coefficient (Wildman–Crippen LogP) is 2.00.